The molecule has 5 heteroatoms. The summed E-state index contributed by atoms with van der Waals surface area (Å²) in [5.41, 5.74) is 1.78. The lowest BCUT2D eigenvalue weighted by Gasteiger charge is -2.23. The lowest BCUT2D eigenvalue weighted by molar-refractivity contribution is -0.155. The number of nitrogens with zero attached hydrogens (tertiary/aromatic N) is 1. The van der Waals surface area contributed by atoms with E-state index in [1.807, 2.05) is 25.1 Å². The lowest BCUT2D eigenvalue weighted by Crippen LogP contribution is -2.29. The number of carbonyl (C=O) groups is 2. The molecule has 0 aromatic heterocycles. The van der Waals surface area contributed by atoms with E-state index in [0.29, 0.717) is 12.3 Å². The maximum Gasteiger partial charge on any atom is 0.311 e. The molecule has 3 rings (SSSR count). The SMILES string of the molecule is COc1ccc(C)cc1N1CC(C(=O)OC2CCCCC2)CC1=O. The fourth-order valence-electron chi connectivity index (χ4n) is 3.55. The number of methoxy groups -OCH3 is 1. The highest BCUT2D eigenvalue weighted by Gasteiger charge is 2.38. The molecule has 1 amide bonds. The maximum atomic E-state index is 12.4. The van der Waals surface area contributed by atoms with Gasteiger partial charge in [-0.3, -0.25) is 9.59 Å². The number of rotatable bonds is 4. The van der Waals surface area contributed by atoms with Crippen LogP contribution in [0.4, 0.5) is 5.69 Å². The van der Waals surface area contributed by atoms with Crippen LogP contribution in [0.3, 0.4) is 0 Å². The summed E-state index contributed by atoms with van der Waals surface area (Å²) >= 11 is 0. The van der Waals surface area contributed by atoms with Crippen LogP contribution in [0.5, 0.6) is 5.75 Å². The molecule has 1 aliphatic carbocycles. The number of amides is 1. The van der Waals surface area contributed by atoms with Crippen molar-refractivity contribution in [3.63, 3.8) is 0 Å². The predicted octanol–water partition coefficient (Wildman–Crippen LogP) is 3.23. The van der Waals surface area contributed by atoms with Crippen LogP contribution >= 0.6 is 0 Å². The number of ether oxygens (including phenoxy) is 2. The minimum absolute atomic E-state index is 0.0314. The Bertz CT molecular complexity index is 622. The molecule has 0 bridgehead atoms. The van der Waals surface area contributed by atoms with Crippen molar-refractivity contribution in [3.05, 3.63) is 23.8 Å². The van der Waals surface area contributed by atoms with Crippen molar-refractivity contribution in [2.24, 2.45) is 5.92 Å². The van der Waals surface area contributed by atoms with Gasteiger partial charge in [0.15, 0.2) is 0 Å². The highest BCUT2D eigenvalue weighted by Crippen LogP contribution is 2.34. The van der Waals surface area contributed by atoms with E-state index in [1.54, 1.807) is 12.0 Å². The zero-order valence-electron chi connectivity index (χ0n) is 14.4. The number of hydrogen-bond donors (Lipinski definition) is 0. The standard InChI is InChI=1S/C19H25NO4/c1-13-8-9-17(23-2)16(10-13)20-12-14(11-18(20)21)19(22)24-15-6-4-3-5-7-15/h8-10,14-15H,3-7,11-12H2,1-2H3. The summed E-state index contributed by atoms with van der Waals surface area (Å²) in [7, 11) is 1.59. The molecular weight excluding hydrogens is 306 g/mol. The van der Waals surface area contributed by atoms with Gasteiger partial charge in [0.2, 0.25) is 5.91 Å². The van der Waals surface area contributed by atoms with Gasteiger partial charge in [0.1, 0.15) is 11.9 Å². The fourth-order valence-corrected chi connectivity index (χ4v) is 3.55. The van der Waals surface area contributed by atoms with Crippen LogP contribution < -0.4 is 9.64 Å². The second kappa shape index (κ2) is 7.24. The third kappa shape index (κ3) is 3.55. The molecule has 0 spiro atoms. The molecule has 1 aromatic carbocycles. The van der Waals surface area contributed by atoms with Crippen molar-refractivity contribution >= 4 is 17.6 Å². The van der Waals surface area contributed by atoms with Gasteiger partial charge in [0.25, 0.3) is 0 Å². The molecule has 2 aliphatic rings. The normalized spacial score (nSPS) is 21.8. The van der Waals surface area contributed by atoms with Crippen LogP contribution in [0.2, 0.25) is 0 Å². The third-order valence-corrected chi connectivity index (χ3v) is 4.92. The van der Waals surface area contributed by atoms with Crippen LogP contribution in [0, 0.1) is 12.8 Å². The fraction of sp³-hybridized carbons (Fsp3) is 0.579. The predicted molar refractivity (Wildman–Crippen MR) is 91.2 cm³/mol. The van der Waals surface area contributed by atoms with Crippen molar-refractivity contribution in [3.8, 4) is 5.75 Å². The first-order valence-electron chi connectivity index (χ1n) is 8.74. The van der Waals surface area contributed by atoms with Gasteiger partial charge in [-0.05, 0) is 50.3 Å². The van der Waals surface area contributed by atoms with Crippen molar-refractivity contribution in [1.82, 2.24) is 0 Å². The highest BCUT2D eigenvalue weighted by atomic mass is 16.5. The van der Waals surface area contributed by atoms with Crippen molar-refractivity contribution in [2.45, 2.75) is 51.6 Å². The van der Waals surface area contributed by atoms with Gasteiger partial charge < -0.3 is 14.4 Å². The minimum atomic E-state index is -0.385. The Morgan fingerprint density at radius 2 is 1.96 bits per heavy atom. The van der Waals surface area contributed by atoms with Crippen LogP contribution in [0.25, 0.3) is 0 Å². The highest BCUT2D eigenvalue weighted by molar-refractivity contribution is 6.00. The average molecular weight is 331 g/mol. The first kappa shape index (κ1) is 16.8. The maximum absolute atomic E-state index is 12.4. The van der Waals surface area contributed by atoms with Gasteiger partial charge in [0.05, 0.1) is 18.7 Å². The molecule has 1 saturated heterocycles. The van der Waals surface area contributed by atoms with Crippen molar-refractivity contribution in [2.75, 3.05) is 18.6 Å². The summed E-state index contributed by atoms with van der Waals surface area (Å²) in [5.74, 6) is -0.0197. The summed E-state index contributed by atoms with van der Waals surface area (Å²) < 4.78 is 11.0. The van der Waals surface area contributed by atoms with E-state index in [9.17, 15) is 9.59 Å². The molecule has 1 unspecified atom stereocenters. The van der Waals surface area contributed by atoms with E-state index in [4.69, 9.17) is 9.47 Å². The largest absolute Gasteiger partial charge is 0.495 e. The summed E-state index contributed by atoms with van der Waals surface area (Å²) in [5, 5.41) is 0. The first-order valence-corrected chi connectivity index (χ1v) is 8.74. The molecule has 0 radical (unpaired) electrons. The molecular formula is C19H25NO4. The second-order valence-corrected chi connectivity index (χ2v) is 6.78. The van der Waals surface area contributed by atoms with Gasteiger partial charge in [-0.2, -0.15) is 0 Å². The van der Waals surface area contributed by atoms with E-state index in [0.717, 1.165) is 36.9 Å². The van der Waals surface area contributed by atoms with E-state index in [2.05, 4.69) is 0 Å². The molecule has 1 aliphatic heterocycles. The van der Waals surface area contributed by atoms with E-state index in [-0.39, 0.29) is 30.3 Å². The zero-order chi connectivity index (χ0) is 17.1. The monoisotopic (exact) mass is 331 g/mol. The van der Waals surface area contributed by atoms with Gasteiger partial charge in [0, 0.05) is 13.0 Å². The number of hydrogen-bond acceptors (Lipinski definition) is 4. The van der Waals surface area contributed by atoms with Crippen LogP contribution in [-0.2, 0) is 14.3 Å². The minimum Gasteiger partial charge on any atom is -0.495 e. The topological polar surface area (TPSA) is 55.8 Å². The molecule has 2 fully saturated rings. The Morgan fingerprint density at radius 1 is 1.21 bits per heavy atom. The van der Waals surface area contributed by atoms with Gasteiger partial charge in [-0.15, -0.1) is 0 Å². The number of benzene rings is 1. The second-order valence-electron chi connectivity index (χ2n) is 6.78. The molecule has 130 valence electrons. The molecule has 5 nitrogen and oxygen atoms in total. The summed E-state index contributed by atoms with van der Waals surface area (Å²) in [6.45, 7) is 2.34. The Kier molecular flexibility index (Phi) is 5.07. The summed E-state index contributed by atoms with van der Waals surface area (Å²) in [4.78, 5) is 26.5. The summed E-state index contributed by atoms with van der Waals surface area (Å²) in [6.07, 6.45) is 5.59. The van der Waals surface area contributed by atoms with Crippen LogP contribution in [-0.4, -0.2) is 31.6 Å². The number of esters is 1. The molecule has 1 saturated carbocycles. The van der Waals surface area contributed by atoms with Crippen LogP contribution in [0.1, 0.15) is 44.1 Å². The first-order chi connectivity index (χ1) is 11.6. The Morgan fingerprint density at radius 3 is 2.67 bits per heavy atom. The smallest absolute Gasteiger partial charge is 0.311 e. The van der Waals surface area contributed by atoms with Gasteiger partial charge in [-0.1, -0.05) is 12.5 Å². The molecule has 24 heavy (non-hydrogen) atoms. The van der Waals surface area contributed by atoms with E-state index >= 15 is 0 Å². The third-order valence-electron chi connectivity index (χ3n) is 4.92. The van der Waals surface area contributed by atoms with Crippen molar-refractivity contribution < 1.29 is 19.1 Å². The average Bonchev–Trinajstić information content (AvgIpc) is 2.97. The number of anilines is 1. The number of carbonyl (C=O) groups excluding carboxylic acids is 2. The van der Waals surface area contributed by atoms with E-state index < -0.39 is 0 Å². The molecule has 1 heterocycles. The molecule has 1 atom stereocenters. The summed E-state index contributed by atoms with van der Waals surface area (Å²) in [6, 6.07) is 5.72. The van der Waals surface area contributed by atoms with E-state index in [1.165, 1.54) is 6.42 Å². The van der Waals surface area contributed by atoms with Gasteiger partial charge in [-0.25, -0.2) is 0 Å². The quantitative estimate of drug-likeness (QED) is 0.795. The van der Waals surface area contributed by atoms with Crippen molar-refractivity contribution in [1.29, 1.82) is 0 Å². The van der Waals surface area contributed by atoms with Gasteiger partial charge >= 0.3 is 5.97 Å². The molecule has 0 N–H and O–H groups in total. The lowest BCUT2D eigenvalue weighted by atomic mass is 9.97. The zero-order valence-corrected chi connectivity index (χ0v) is 14.4. The van der Waals surface area contributed by atoms with Crippen LogP contribution in [0.15, 0.2) is 18.2 Å². The number of aryl methyl sites for hydroxylation is 1. The Hall–Kier alpha value is -2.04. The Labute approximate surface area is 142 Å². The molecule has 1 aromatic rings. The Balaban J connectivity index is 1.69.